The molecule has 1 aliphatic carbocycles. The Morgan fingerprint density at radius 1 is 1.05 bits per heavy atom. The number of benzene rings is 3. The van der Waals surface area contributed by atoms with Crippen LogP contribution in [0.2, 0.25) is 5.02 Å². The third kappa shape index (κ3) is 5.00. The summed E-state index contributed by atoms with van der Waals surface area (Å²) in [5.74, 6) is -1.11. The Bertz CT molecular complexity index is 1330. The maximum absolute atomic E-state index is 13.7. The number of anilines is 2. The molecule has 0 radical (unpaired) electrons. The van der Waals surface area contributed by atoms with E-state index in [9.17, 15) is 14.0 Å². The highest BCUT2D eigenvalue weighted by molar-refractivity contribution is 6.34. The molecule has 1 fully saturated rings. The van der Waals surface area contributed by atoms with Crippen LogP contribution in [0.5, 0.6) is 0 Å². The molecule has 3 aromatic rings. The number of rotatable bonds is 4. The van der Waals surface area contributed by atoms with Crippen molar-refractivity contribution < 1.29 is 14.0 Å². The Hall–Kier alpha value is -3.22. The molecule has 1 heterocycles. The van der Waals surface area contributed by atoms with Crippen LogP contribution in [0.15, 0.2) is 66.7 Å². The van der Waals surface area contributed by atoms with Gasteiger partial charge in [0.15, 0.2) is 0 Å². The largest absolute Gasteiger partial charge is 0.322 e. The van der Waals surface area contributed by atoms with Crippen molar-refractivity contribution in [3.63, 3.8) is 0 Å². The first kappa shape index (κ1) is 25.4. The number of nitrogens with one attached hydrogen (secondary N) is 1. The van der Waals surface area contributed by atoms with E-state index in [0.29, 0.717) is 23.8 Å². The lowest BCUT2D eigenvalue weighted by atomic mass is 9.74. The minimum absolute atomic E-state index is 0.0554. The molecule has 2 unspecified atom stereocenters. The lowest BCUT2D eigenvalue weighted by Crippen LogP contribution is -2.43. The minimum atomic E-state index is -0.537. The first-order valence-corrected chi connectivity index (χ1v) is 13.1. The molecule has 1 saturated carbocycles. The van der Waals surface area contributed by atoms with Gasteiger partial charge in [-0.3, -0.25) is 9.59 Å². The molecule has 192 valence electrons. The zero-order chi connectivity index (χ0) is 26.2. The molecular formula is C30H31ClFN3O2. The summed E-state index contributed by atoms with van der Waals surface area (Å²) in [6, 6.07) is 19.2. The first-order chi connectivity index (χ1) is 17.8. The summed E-state index contributed by atoms with van der Waals surface area (Å²) in [4.78, 5) is 30.6. The molecule has 0 aromatic heterocycles. The van der Waals surface area contributed by atoms with E-state index in [1.54, 1.807) is 24.3 Å². The van der Waals surface area contributed by atoms with Crippen molar-refractivity contribution in [2.45, 2.75) is 38.1 Å². The van der Waals surface area contributed by atoms with Gasteiger partial charge in [0.05, 0.1) is 10.6 Å². The smallest absolute Gasteiger partial charge is 0.258 e. The minimum Gasteiger partial charge on any atom is -0.322 e. The van der Waals surface area contributed by atoms with Gasteiger partial charge in [0.2, 0.25) is 0 Å². The van der Waals surface area contributed by atoms with E-state index >= 15 is 0 Å². The standard InChI is InChI=1S/C30H31ClFN3O2/c1-34(2)27-8-5-15-30(27)16-17-35(26-7-4-3-6-21(26)19-30)29(37)20-9-12-23(13-10-20)33-28(36)24-18-22(32)11-14-25(24)31/h3-4,6-7,9-14,18,27H,5,8,15-17,19H2,1-2H3,(H,33,36). The van der Waals surface area contributed by atoms with Gasteiger partial charge >= 0.3 is 0 Å². The van der Waals surface area contributed by atoms with Gasteiger partial charge in [0.25, 0.3) is 11.8 Å². The highest BCUT2D eigenvalue weighted by atomic mass is 35.5. The average molecular weight is 520 g/mol. The summed E-state index contributed by atoms with van der Waals surface area (Å²) >= 11 is 6.06. The number of halogens is 2. The second-order valence-electron chi connectivity index (χ2n) is 10.4. The Kier molecular flexibility index (Phi) is 7.06. The second kappa shape index (κ2) is 10.3. The van der Waals surface area contributed by atoms with E-state index in [1.807, 2.05) is 17.0 Å². The third-order valence-electron chi connectivity index (χ3n) is 7.95. The molecule has 1 spiro atoms. The normalized spacial score (nSPS) is 21.1. The molecule has 1 aliphatic heterocycles. The first-order valence-electron chi connectivity index (χ1n) is 12.7. The quantitative estimate of drug-likeness (QED) is 0.432. The van der Waals surface area contributed by atoms with Crippen molar-refractivity contribution in [1.82, 2.24) is 4.90 Å². The fourth-order valence-corrected chi connectivity index (χ4v) is 6.41. The number of amides is 2. The van der Waals surface area contributed by atoms with Crippen LogP contribution < -0.4 is 10.2 Å². The molecule has 0 saturated heterocycles. The number of fused-ring (bicyclic) bond motifs is 1. The molecule has 37 heavy (non-hydrogen) atoms. The van der Waals surface area contributed by atoms with Crippen LogP contribution in [0, 0.1) is 11.2 Å². The van der Waals surface area contributed by atoms with Gasteiger partial charge < -0.3 is 15.1 Å². The van der Waals surface area contributed by atoms with Crippen LogP contribution in [0.4, 0.5) is 15.8 Å². The van der Waals surface area contributed by atoms with Crippen molar-refractivity contribution >= 4 is 34.8 Å². The van der Waals surface area contributed by atoms with E-state index in [4.69, 9.17) is 11.6 Å². The van der Waals surface area contributed by atoms with Gasteiger partial charge in [-0.2, -0.15) is 0 Å². The van der Waals surface area contributed by atoms with E-state index in [1.165, 1.54) is 37.0 Å². The molecule has 2 atom stereocenters. The van der Waals surface area contributed by atoms with Gasteiger partial charge in [-0.05, 0) is 99.3 Å². The second-order valence-corrected chi connectivity index (χ2v) is 10.8. The van der Waals surface area contributed by atoms with Gasteiger partial charge in [-0.25, -0.2) is 4.39 Å². The van der Waals surface area contributed by atoms with Crippen molar-refractivity contribution in [3.8, 4) is 0 Å². The van der Waals surface area contributed by atoms with Gasteiger partial charge in [0.1, 0.15) is 5.82 Å². The molecule has 2 amide bonds. The summed E-state index contributed by atoms with van der Waals surface area (Å²) in [6.45, 7) is 0.663. The van der Waals surface area contributed by atoms with Crippen LogP contribution in [0.1, 0.15) is 52.0 Å². The summed E-state index contributed by atoms with van der Waals surface area (Å²) in [5.41, 5.74) is 3.46. The van der Waals surface area contributed by atoms with E-state index < -0.39 is 11.7 Å². The molecule has 3 aromatic carbocycles. The Morgan fingerprint density at radius 2 is 1.81 bits per heavy atom. The fourth-order valence-electron chi connectivity index (χ4n) is 6.20. The lowest BCUT2D eigenvalue weighted by molar-refractivity contribution is 0.0972. The summed E-state index contributed by atoms with van der Waals surface area (Å²) in [7, 11) is 4.33. The van der Waals surface area contributed by atoms with Crippen LogP contribution >= 0.6 is 11.6 Å². The van der Waals surface area contributed by atoms with Crippen molar-refractivity contribution in [3.05, 3.63) is 94.3 Å². The average Bonchev–Trinajstić information content (AvgIpc) is 3.22. The number of carbonyl (C=O) groups excluding carboxylic acids is 2. The zero-order valence-corrected chi connectivity index (χ0v) is 21.9. The highest BCUT2D eigenvalue weighted by Gasteiger charge is 2.46. The molecule has 5 rings (SSSR count). The van der Waals surface area contributed by atoms with Crippen molar-refractivity contribution in [2.24, 2.45) is 5.41 Å². The van der Waals surface area contributed by atoms with Crippen LogP contribution in [-0.2, 0) is 6.42 Å². The number of nitrogens with zero attached hydrogens (tertiary/aromatic N) is 2. The van der Waals surface area contributed by atoms with Crippen LogP contribution in [0.3, 0.4) is 0 Å². The monoisotopic (exact) mass is 519 g/mol. The van der Waals surface area contributed by atoms with Gasteiger partial charge in [-0.1, -0.05) is 36.2 Å². The molecule has 7 heteroatoms. The SMILES string of the molecule is CN(C)C1CCCC12CCN(C(=O)c1ccc(NC(=O)c3cc(F)ccc3Cl)cc1)c1ccccc1C2. The van der Waals surface area contributed by atoms with Gasteiger partial charge in [0, 0.05) is 29.5 Å². The highest BCUT2D eigenvalue weighted by Crippen LogP contribution is 2.49. The zero-order valence-electron chi connectivity index (χ0n) is 21.1. The topological polar surface area (TPSA) is 52.6 Å². The summed E-state index contributed by atoms with van der Waals surface area (Å²) in [6.07, 6.45) is 5.52. The van der Waals surface area contributed by atoms with Crippen LogP contribution in [0.25, 0.3) is 0 Å². The van der Waals surface area contributed by atoms with E-state index in [0.717, 1.165) is 24.6 Å². The van der Waals surface area contributed by atoms with Crippen LogP contribution in [-0.4, -0.2) is 43.4 Å². The molecule has 0 bridgehead atoms. The number of hydrogen-bond donors (Lipinski definition) is 1. The Labute approximate surface area is 222 Å². The molecule has 1 N–H and O–H groups in total. The van der Waals surface area contributed by atoms with E-state index in [-0.39, 0.29) is 21.9 Å². The number of para-hydroxylation sites is 1. The molecular weight excluding hydrogens is 489 g/mol. The Balaban J connectivity index is 1.36. The molecule has 2 aliphatic rings. The fraction of sp³-hybridized carbons (Fsp3) is 0.333. The van der Waals surface area contributed by atoms with Gasteiger partial charge in [-0.15, -0.1) is 0 Å². The maximum Gasteiger partial charge on any atom is 0.258 e. The van der Waals surface area contributed by atoms with Crippen molar-refractivity contribution in [2.75, 3.05) is 30.9 Å². The number of carbonyl (C=O) groups is 2. The molecule has 5 nitrogen and oxygen atoms in total. The van der Waals surface area contributed by atoms with E-state index in [2.05, 4.69) is 36.4 Å². The number of hydrogen-bond acceptors (Lipinski definition) is 3. The maximum atomic E-state index is 13.7. The Morgan fingerprint density at radius 3 is 2.57 bits per heavy atom. The van der Waals surface area contributed by atoms with Crippen molar-refractivity contribution in [1.29, 1.82) is 0 Å². The third-order valence-corrected chi connectivity index (χ3v) is 8.28. The lowest BCUT2D eigenvalue weighted by Gasteiger charge is -2.39. The predicted molar refractivity (Wildman–Crippen MR) is 146 cm³/mol. The summed E-state index contributed by atoms with van der Waals surface area (Å²) < 4.78 is 13.6. The summed E-state index contributed by atoms with van der Waals surface area (Å²) in [5, 5.41) is 2.89. The predicted octanol–water partition coefficient (Wildman–Crippen LogP) is 6.42.